The molecule has 1 fully saturated rings. The molecule has 0 aliphatic carbocycles. The van der Waals surface area contributed by atoms with E-state index in [1.54, 1.807) is 35.5 Å². The molecule has 12 nitrogen and oxygen atoms in total. The number of fused-ring (bicyclic) bond motifs is 4. The third kappa shape index (κ3) is 7.73. The molecular formula is C37H45N7O5S. The number of amides is 1. The van der Waals surface area contributed by atoms with E-state index in [4.69, 9.17) is 14.5 Å². The average molecular weight is 700 g/mol. The first-order valence-corrected chi connectivity index (χ1v) is 18.4. The van der Waals surface area contributed by atoms with Gasteiger partial charge in [-0.05, 0) is 68.9 Å². The molecule has 2 aliphatic rings. The van der Waals surface area contributed by atoms with Gasteiger partial charge < -0.3 is 19.3 Å². The van der Waals surface area contributed by atoms with E-state index in [-0.39, 0.29) is 58.9 Å². The lowest BCUT2D eigenvalue weighted by molar-refractivity contribution is 0.0280. The number of nitrogens with zero attached hydrogens (tertiary/aromatic N) is 6. The monoisotopic (exact) mass is 699 g/mol. The van der Waals surface area contributed by atoms with Gasteiger partial charge in [-0.25, -0.2) is 23.1 Å². The Balaban J connectivity index is 1.46. The van der Waals surface area contributed by atoms with E-state index in [9.17, 15) is 13.2 Å². The Labute approximate surface area is 294 Å². The molecule has 4 aromatic rings. The molecule has 0 saturated carbocycles. The number of sulfonamides is 1. The standard InChI is InChI=1S/C37H45N7O5S/c1-23-10-8-11-24(2)34(23)31-17-33-41-36(40-31)42-50(46,47)30-13-9-12-27(16-30)35(45)44(29(22-49-33)18-37(5,6)7)21-28-19-38-20-32(39-28)43-14-15-48-26(4)25(43)3/h8-13,16-17,19-20,25-26,29H,14-15,18,21-22H2,1-7H3,(H,40,41,42)/t25-,26+,29+/m0/s1. The summed E-state index contributed by atoms with van der Waals surface area (Å²) in [7, 11) is -4.19. The van der Waals surface area contributed by atoms with Gasteiger partial charge in [0.15, 0.2) is 0 Å². The third-order valence-electron chi connectivity index (χ3n) is 9.21. The molecule has 0 unspecified atom stereocenters. The zero-order valence-corrected chi connectivity index (χ0v) is 30.5. The van der Waals surface area contributed by atoms with Crippen LogP contribution in [0.2, 0.25) is 0 Å². The number of hydrogen-bond acceptors (Lipinski definition) is 10. The molecule has 3 atom stereocenters. The maximum atomic E-state index is 14.6. The molecule has 0 radical (unpaired) electrons. The number of aryl methyl sites for hydroxylation is 2. The van der Waals surface area contributed by atoms with E-state index in [0.29, 0.717) is 36.8 Å². The number of rotatable bonds is 5. The van der Waals surface area contributed by atoms with Gasteiger partial charge in [0.05, 0.1) is 60.0 Å². The fourth-order valence-electron chi connectivity index (χ4n) is 6.59. The van der Waals surface area contributed by atoms with Crippen LogP contribution >= 0.6 is 0 Å². The van der Waals surface area contributed by atoms with Gasteiger partial charge in [0.25, 0.3) is 15.9 Å². The fourth-order valence-corrected chi connectivity index (χ4v) is 7.58. The highest BCUT2D eigenvalue weighted by Gasteiger charge is 2.33. The zero-order chi connectivity index (χ0) is 35.8. The van der Waals surface area contributed by atoms with Crippen LogP contribution in [-0.4, -0.2) is 77.1 Å². The Bertz CT molecular complexity index is 1980. The van der Waals surface area contributed by atoms with Crippen molar-refractivity contribution in [2.45, 2.75) is 84.5 Å². The Morgan fingerprint density at radius 2 is 1.72 bits per heavy atom. The first-order valence-electron chi connectivity index (χ1n) is 16.9. The normalized spacial score (nSPS) is 20.9. The minimum atomic E-state index is -4.19. The number of ether oxygens (including phenoxy) is 2. The Morgan fingerprint density at radius 1 is 0.980 bits per heavy atom. The number of anilines is 2. The molecule has 50 heavy (non-hydrogen) atoms. The number of carbonyl (C=O) groups excluding carboxylic acids is 1. The molecule has 13 heteroatoms. The van der Waals surface area contributed by atoms with Crippen molar-refractivity contribution in [1.82, 2.24) is 24.8 Å². The predicted molar refractivity (Wildman–Crippen MR) is 192 cm³/mol. The number of carbonyl (C=O) groups is 1. The van der Waals surface area contributed by atoms with E-state index < -0.39 is 16.1 Å². The van der Waals surface area contributed by atoms with E-state index in [1.807, 2.05) is 39.0 Å². The molecule has 2 aromatic carbocycles. The molecule has 4 bridgehead atoms. The van der Waals surface area contributed by atoms with Crippen LogP contribution in [0.5, 0.6) is 5.88 Å². The molecule has 2 aromatic heterocycles. The second-order valence-corrected chi connectivity index (χ2v) is 16.0. The molecular weight excluding hydrogens is 655 g/mol. The number of morpholine rings is 1. The summed E-state index contributed by atoms with van der Waals surface area (Å²) in [6.07, 6.45) is 4.00. The fraction of sp³-hybridized carbons (Fsp3) is 0.432. The van der Waals surface area contributed by atoms with Gasteiger partial charge in [-0.2, -0.15) is 4.98 Å². The number of benzene rings is 2. The molecule has 1 N–H and O–H groups in total. The predicted octanol–water partition coefficient (Wildman–Crippen LogP) is 5.80. The van der Waals surface area contributed by atoms with E-state index in [2.05, 4.69) is 52.3 Å². The van der Waals surface area contributed by atoms with Crippen molar-refractivity contribution in [1.29, 1.82) is 0 Å². The second kappa shape index (κ2) is 13.9. The van der Waals surface area contributed by atoms with Gasteiger partial charge in [-0.15, -0.1) is 0 Å². The lowest BCUT2D eigenvalue weighted by Gasteiger charge is -2.39. The van der Waals surface area contributed by atoms with Crippen molar-refractivity contribution >= 4 is 27.7 Å². The lowest BCUT2D eigenvalue weighted by atomic mass is 9.87. The topological polar surface area (TPSA) is 140 Å². The van der Waals surface area contributed by atoms with Crippen LogP contribution in [0.25, 0.3) is 11.3 Å². The summed E-state index contributed by atoms with van der Waals surface area (Å²) < 4.78 is 42.2. The SMILES string of the molecule is Cc1cccc(C)c1-c1cc2nc(n1)NS(=O)(=O)c1cccc(c1)C(=O)N(Cc1cncc(N3CCO[C@H](C)[C@@H]3C)n1)[C@H](CC(C)(C)C)CO2. The van der Waals surface area contributed by atoms with Crippen molar-refractivity contribution in [3.05, 3.63) is 83.3 Å². The van der Waals surface area contributed by atoms with Crippen LogP contribution in [0, 0.1) is 19.3 Å². The van der Waals surface area contributed by atoms with Gasteiger partial charge in [-0.1, -0.05) is 45.0 Å². The van der Waals surface area contributed by atoms with Crippen molar-refractivity contribution in [3.63, 3.8) is 0 Å². The molecule has 4 heterocycles. The van der Waals surface area contributed by atoms with Crippen LogP contribution in [0.15, 0.2) is 65.8 Å². The zero-order valence-electron chi connectivity index (χ0n) is 29.7. The Hall–Kier alpha value is -4.62. The lowest BCUT2D eigenvalue weighted by Crippen LogP contribution is -2.49. The van der Waals surface area contributed by atoms with Gasteiger partial charge >= 0.3 is 0 Å². The molecule has 1 amide bonds. The largest absolute Gasteiger partial charge is 0.475 e. The summed E-state index contributed by atoms with van der Waals surface area (Å²) in [6.45, 7) is 15.9. The summed E-state index contributed by atoms with van der Waals surface area (Å²) in [4.78, 5) is 37.0. The van der Waals surface area contributed by atoms with Crippen molar-refractivity contribution < 1.29 is 22.7 Å². The molecule has 0 spiro atoms. The summed E-state index contributed by atoms with van der Waals surface area (Å²) in [6, 6.07) is 13.3. The van der Waals surface area contributed by atoms with Crippen molar-refractivity contribution in [2.24, 2.45) is 5.41 Å². The molecule has 2 aliphatic heterocycles. The first-order chi connectivity index (χ1) is 23.7. The van der Waals surface area contributed by atoms with Crippen LogP contribution in [0.3, 0.4) is 0 Å². The maximum Gasteiger partial charge on any atom is 0.264 e. The smallest absolute Gasteiger partial charge is 0.264 e. The summed E-state index contributed by atoms with van der Waals surface area (Å²) >= 11 is 0. The molecule has 264 valence electrons. The number of aromatic nitrogens is 4. The van der Waals surface area contributed by atoms with Gasteiger partial charge in [-0.3, -0.25) is 9.78 Å². The van der Waals surface area contributed by atoms with E-state index in [0.717, 1.165) is 16.7 Å². The quantitative estimate of drug-likeness (QED) is 0.272. The van der Waals surface area contributed by atoms with Crippen LogP contribution in [0.1, 0.15) is 68.2 Å². The highest BCUT2D eigenvalue weighted by Crippen LogP contribution is 2.32. The summed E-state index contributed by atoms with van der Waals surface area (Å²) in [5.41, 5.74) is 3.93. The average Bonchev–Trinajstić information content (AvgIpc) is 3.06. The van der Waals surface area contributed by atoms with Crippen molar-refractivity contribution in [3.8, 4) is 17.1 Å². The molecule has 6 rings (SSSR count). The van der Waals surface area contributed by atoms with Gasteiger partial charge in [0.1, 0.15) is 12.4 Å². The second-order valence-electron chi connectivity index (χ2n) is 14.4. The highest BCUT2D eigenvalue weighted by atomic mass is 32.2. The van der Waals surface area contributed by atoms with Gasteiger partial charge in [0.2, 0.25) is 11.8 Å². The summed E-state index contributed by atoms with van der Waals surface area (Å²) in [5, 5.41) is 0. The number of nitrogens with one attached hydrogen (secondary N) is 1. The minimum Gasteiger partial charge on any atom is -0.475 e. The van der Waals surface area contributed by atoms with Crippen LogP contribution in [-0.2, 0) is 21.3 Å². The van der Waals surface area contributed by atoms with E-state index in [1.165, 1.54) is 12.1 Å². The third-order valence-corrected chi connectivity index (χ3v) is 10.5. The Morgan fingerprint density at radius 3 is 2.46 bits per heavy atom. The van der Waals surface area contributed by atoms with Crippen LogP contribution < -0.4 is 14.4 Å². The van der Waals surface area contributed by atoms with Crippen molar-refractivity contribution in [2.75, 3.05) is 29.4 Å². The highest BCUT2D eigenvalue weighted by molar-refractivity contribution is 7.92. The Kier molecular flexibility index (Phi) is 9.82. The first kappa shape index (κ1) is 35.2. The number of hydrogen-bond donors (Lipinski definition) is 1. The molecule has 1 saturated heterocycles. The summed E-state index contributed by atoms with van der Waals surface area (Å²) in [5.74, 6) is 0.413. The van der Waals surface area contributed by atoms with Crippen LogP contribution in [0.4, 0.5) is 11.8 Å². The minimum absolute atomic E-state index is 0.0267. The maximum absolute atomic E-state index is 14.6. The van der Waals surface area contributed by atoms with Gasteiger partial charge in [0, 0.05) is 23.7 Å². The van der Waals surface area contributed by atoms with E-state index >= 15 is 0 Å².